The maximum Gasteiger partial charge on any atom is 0.251 e. The maximum atomic E-state index is 12.9. The van der Waals surface area contributed by atoms with Crippen molar-refractivity contribution in [1.82, 2.24) is 14.7 Å². The van der Waals surface area contributed by atoms with E-state index in [4.69, 9.17) is 4.74 Å². The Morgan fingerprint density at radius 1 is 1.03 bits per heavy atom. The Balaban J connectivity index is 1.28. The minimum absolute atomic E-state index is 0.0361. The highest BCUT2D eigenvalue weighted by molar-refractivity contribution is 5.89. The number of carbonyl (C=O) groups excluding carboxylic acids is 3. The van der Waals surface area contributed by atoms with Gasteiger partial charge < -0.3 is 19.4 Å². The molecule has 1 aromatic carbocycles. The number of likely N-dealkylation sites (tertiary alicyclic amines) is 1. The molecule has 7 heteroatoms. The number of nitrogens with zero attached hydrogens (tertiary/aromatic N) is 3. The molecule has 0 saturated carbocycles. The van der Waals surface area contributed by atoms with E-state index in [2.05, 4.69) is 0 Å². The van der Waals surface area contributed by atoms with Gasteiger partial charge in [-0.25, -0.2) is 0 Å². The summed E-state index contributed by atoms with van der Waals surface area (Å²) < 4.78 is 5.49. The largest absolute Gasteiger partial charge is 0.368 e. The Morgan fingerprint density at radius 3 is 2.31 bits per heavy atom. The lowest BCUT2D eigenvalue weighted by Crippen LogP contribution is -2.54. The van der Waals surface area contributed by atoms with Crippen molar-refractivity contribution < 1.29 is 19.1 Å². The van der Waals surface area contributed by atoms with Gasteiger partial charge in [0.1, 0.15) is 6.10 Å². The van der Waals surface area contributed by atoms with Gasteiger partial charge in [0.25, 0.3) is 5.91 Å². The van der Waals surface area contributed by atoms with E-state index in [0.717, 1.165) is 18.4 Å². The Hall–Kier alpha value is -2.41. The van der Waals surface area contributed by atoms with Crippen LogP contribution >= 0.6 is 0 Å². The van der Waals surface area contributed by atoms with Crippen LogP contribution in [0, 0.1) is 12.8 Å². The Bertz CT molecular complexity index is 765. The first-order valence-corrected chi connectivity index (χ1v) is 10.5. The molecule has 0 radical (unpaired) electrons. The van der Waals surface area contributed by atoms with Crippen LogP contribution in [0.3, 0.4) is 0 Å². The van der Waals surface area contributed by atoms with Crippen LogP contribution in [0.4, 0.5) is 0 Å². The maximum absolute atomic E-state index is 12.9. The molecule has 3 aliphatic heterocycles. The van der Waals surface area contributed by atoms with E-state index in [1.54, 1.807) is 4.90 Å². The zero-order valence-electron chi connectivity index (χ0n) is 17.0. The molecule has 3 amide bonds. The number of piperazine rings is 1. The molecule has 29 heavy (non-hydrogen) atoms. The molecular formula is C22H29N3O4. The van der Waals surface area contributed by atoms with Crippen molar-refractivity contribution in [3.05, 3.63) is 35.4 Å². The summed E-state index contributed by atoms with van der Waals surface area (Å²) in [6, 6.07) is 8.13. The fourth-order valence-corrected chi connectivity index (χ4v) is 4.39. The van der Waals surface area contributed by atoms with E-state index >= 15 is 0 Å². The lowest BCUT2D eigenvalue weighted by Gasteiger charge is -2.36. The van der Waals surface area contributed by atoms with Gasteiger partial charge in [0.15, 0.2) is 0 Å². The first-order valence-electron chi connectivity index (χ1n) is 10.5. The zero-order valence-corrected chi connectivity index (χ0v) is 17.0. The number of carbonyl (C=O) groups is 3. The Kier molecular flexibility index (Phi) is 5.85. The van der Waals surface area contributed by atoms with E-state index in [-0.39, 0.29) is 36.2 Å². The van der Waals surface area contributed by atoms with Gasteiger partial charge in [0.2, 0.25) is 11.8 Å². The standard InChI is InChI=1S/C22H29N3O4/c1-16-4-6-17(7-5-16)14-25-15-18(13-20(25)26)21(27)23-8-10-24(11-9-23)22(28)19-3-2-12-29-19/h4-7,18-19H,2-3,8-15H2,1H3/t18-,19+/m0/s1. The third-order valence-electron chi connectivity index (χ3n) is 6.17. The molecule has 3 heterocycles. The van der Waals surface area contributed by atoms with E-state index in [1.165, 1.54) is 5.56 Å². The molecule has 3 fully saturated rings. The second-order valence-electron chi connectivity index (χ2n) is 8.31. The van der Waals surface area contributed by atoms with Gasteiger partial charge in [-0.2, -0.15) is 0 Å². The average Bonchev–Trinajstić information content (AvgIpc) is 3.39. The first-order chi connectivity index (χ1) is 14.0. The molecule has 3 saturated heterocycles. The number of rotatable bonds is 4. The van der Waals surface area contributed by atoms with Crippen LogP contribution in [-0.2, 0) is 25.7 Å². The van der Waals surface area contributed by atoms with Crippen LogP contribution in [0.25, 0.3) is 0 Å². The SMILES string of the molecule is Cc1ccc(CN2C[C@@H](C(=O)N3CCN(C(=O)[C@H]4CCCO4)CC3)CC2=O)cc1. The topological polar surface area (TPSA) is 70.2 Å². The number of amides is 3. The van der Waals surface area contributed by atoms with Crippen LogP contribution < -0.4 is 0 Å². The lowest BCUT2D eigenvalue weighted by molar-refractivity contribution is -0.147. The predicted molar refractivity (Wildman–Crippen MR) is 107 cm³/mol. The second-order valence-corrected chi connectivity index (χ2v) is 8.31. The molecule has 0 unspecified atom stereocenters. The van der Waals surface area contributed by atoms with Gasteiger partial charge in [0.05, 0.1) is 5.92 Å². The van der Waals surface area contributed by atoms with Crippen LogP contribution in [-0.4, -0.2) is 77.9 Å². The molecule has 0 N–H and O–H groups in total. The van der Waals surface area contributed by atoms with Crippen molar-refractivity contribution in [3.8, 4) is 0 Å². The van der Waals surface area contributed by atoms with Crippen molar-refractivity contribution in [2.75, 3.05) is 39.3 Å². The van der Waals surface area contributed by atoms with E-state index in [9.17, 15) is 14.4 Å². The van der Waals surface area contributed by atoms with Crippen LogP contribution in [0.15, 0.2) is 24.3 Å². The fraction of sp³-hybridized carbons (Fsp3) is 0.591. The average molecular weight is 399 g/mol. The van der Waals surface area contributed by atoms with Crippen LogP contribution in [0.2, 0.25) is 0 Å². The molecular weight excluding hydrogens is 370 g/mol. The number of benzene rings is 1. The van der Waals surface area contributed by atoms with E-state index in [1.807, 2.05) is 41.0 Å². The first kappa shape index (κ1) is 19.9. The summed E-state index contributed by atoms with van der Waals surface area (Å²) in [4.78, 5) is 43.2. The normalized spacial score (nSPS) is 25.0. The highest BCUT2D eigenvalue weighted by atomic mass is 16.5. The van der Waals surface area contributed by atoms with Crippen molar-refractivity contribution in [3.63, 3.8) is 0 Å². The molecule has 7 nitrogen and oxygen atoms in total. The molecule has 3 aliphatic rings. The Morgan fingerprint density at radius 2 is 1.69 bits per heavy atom. The minimum atomic E-state index is -0.306. The number of hydrogen-bond acceptors (Lipinski definition) is 4. The number of hydrogen-bond donors (Lipinski definition) is 0. The van der Waals surface area contributed by atoms with E-state index in [0.29, 0.717) is 45.9 Å². The summed E-state index contributed by atoms with van der Waals surface area (Å²) >= 11 is 0. The lowest BCUT2D eigenvalue weighted by atomic mass is 10.1. The summed E-state index contributed by atoms with van der Waals surface area (Å²) in [7, 11) is 0. The minimum Gasteiger partial charge on any atom is -0.368 e. The molecule has 0 spiro atoms. The molecule has 0 bridgehead atoms. The smallest absolute Gasteiger partial charge is 0.251 e. The fourth-order valence-electron chi connectivity index (χ4n) is 4.39. The third-order valence-corrected chi connectivity index (χ3v) is 6.17. The molecule has 0 aromatic heterocycles. The van der Waals surface area contributed by atoms with Gasteiger partial charge >= 0.3 is 0 Å². The summed E-state index contributed by atoms with van der Waals surface area (Å²) in [6.45, 7) is 5.85. The number of aryl methyl sites for hydroxylation is 1. The number of ether oxygens (including phenoxy) is 1. The van der Waals surface area contributed by atoms with Gasteiger partial charge in [-0.15, -0.1) is 0 Å². The van der Waals surface area contributed by atoms with Gasteiger partial charge in [0, 0.05) is 52.3 Å². The van der Waals surface area contributed by atoms with Crippen molar-refractivity contribution >= 4 is 17.7 Å². The van der Waals surface area contributed by atoms with Crippen LogP contribution in [0.5, 0.6) is 0 Å². The zero-order chi connectivity index (χ0) is 20.4. The van der Waals surface area contributed by atoms with Crippen molar-refractivity contribution in [2.24, 2.45) is 5.92 Å². The summed E-state index contributed by atoms with van der Waals surface area (Å²) in [6.07, 6.45) is 1.70. The summed E-state index contributed by atoms with van der Waals surface area (Å²) in [5.41, 5.74) is 2.27. The molecule has 0 aliphatic carbocycles. The van der Waals surface area contributed by atoms with Gasteiger partial charge in [-0.1, -0.05) is 29.8 Å². The highest BCUT2D eigenvalue weighted by Gasteiger charge is 2.38. The Labute approximate surface area is 171 Å². The quantitative estimate of drug-likeness (QED) is 0.763. The second kappa shape index (κ2) is 8.53. The van der Waals surface area contributed by atoms with E-state index < -0.39 is 0 Å². The van der Waals surface area contributed by atoms with Crippen molar-refractivity contribution in [2.45, 2.75) is 38.8 Å². The third kappa shape index (κ3) is 4.45. The monoisotopic (exact) mass is 399 g/mol. The summed E-state index contributed by atoms with van der Waals surface area (Å²) in [5.74, 6) is -0.159. The molecule has 4 rings (SSSR count). The van der Waals surface area contributed by atoms with Crippen molar-refractivity contribution in [1.29, 1.82) is 0 Å². The van der Waals surface area contributed by atoms with Gasteiger partial charge in [-0.05, 0) is 25.3 Å². The highest BCUT2D eigenvalue weighted by Crippen LogP contribution is 2.23. The molecule has 1 aromatic rings. The predicted octanol–water partition coefficient (Wildman–Crippen LogP) is 1.19. The summed E-state index contributed by atoms with van der Waals surface area (Å²) in [5, 5.41) is 0. The van der Waals surface area contributed by atoms with Gasteiger partial charge in [-0.3, -0.25) is 14.4 Å². The molecule has 156 valence electrons. The van der Waals surface area contributed by atoms with Crippen LogP contribution in [0.1, 0.15) is 30.4 Å². The molecule has 2 atom stereocenters.